The lowest BCUT2D eigenvalue weighted by Gasteiger charge is -2.11. The van der Waals surface area contributed by atoms with Crippen LogP contribution in [0.1, 0.15) is 29.8 Å². The average molecular weight is 261 g/mol. The average Bonchev–Trinajstić information content (AvgIpc) is 2.28. The van der Waals surface area contributed by atoms with Gasteiger partial charge in [0.15, 0.2) is 0 Å². The number of aryl methyl sites for hydroxylation is 1. The number of rotatable bonds is 3. The van der Waals surface area contributed by atoms with Crippen molar-refractivity contribution < 1.29 is 14.6 Å². The second kappa shape index (κ2) is 4.76. The summed E-state index contributed by atoms with van der Waals surface area (Å²) in [6, 6.07) is 5.21. The van der Waals surface area contributed by atoms with E-state index in [-0.39, 0.29) is 11.7 Å². The Morgan fingerprint density at radius 3 is 2.63 bits per heavy atom. The predicted molar refractivity (Wildman–Crippen MR) is 72.0 cm³/mol. The van der Waals surface area contributed by atoms with E-state index in [2.05, 4.69) is 4.98 Å². The first-order valence-electron chi connectivity index (χ1n) is 5.96. The van der Waals surface area contributed by atoms with Crippen LogP contribution in [0, 0.1) is 6.92 Å². The molecule has 19 heavy (non-hydrogen) atoms. The number of benzene rings is 1. The summed E-state index contributed by atoms with van der Waals surface area (Å²) in [5.41, 5.74) is 0.230. The fourth-order valence-corrected chi connectivity index (χ4v) is 2.04. The Labute approximate surface area is 109 Å². The standard InChI is InChI=1S/C14H15NO4/c1-7(2)19-9-4-5-11-10(6-9)8(3)12(14(17)18)13(16)15-11/h4-7H,1-3H3,(H,15,16)(H,17,18). The van der Waals surface area contributed by atoms with E-state index in [4.69, 9.17) is 9.84 Å². The number of aromatic nitrogens is 1. The first-order chi connectivity index (χ1) is 8.90. The quantitative estimate of drug-likeness (QED) is 0.888. The molecule has 0 saturated carbocycles. The molecule has 2 N–H and O–H groups in total. The van der Waals surface area contributed by atoms with Crippen molar-refractivity contribution in [1.82, 2.24) is 4.98 Å². The van der Waals surface area contributed by atoms with Crippen LogP contribution >= 0.6 is 0 Å². The Hall–Kier alpha value is -2.30. The molecule has 0 aliphatic rings. The number of aromatic amines is 1. The molecule has 0 atom stereocenters. The van der Waals surface area contributed by atoms with Crippen LogP contribution in [0.3, 0.4) is 0 Å². The lowest BCUT2D eigenvalue weighted by molar-refractivity contribution is 0.0694. The summed E-state index contributed by atoms with van der Waals surface area (Å²) in [6.45, 7) is 5.44. The molecular weight excluding hydrogens is 246 g/mol. The maximum Gasteiger partial charge on any atom is 0.341 e. The second-order valence-corrected chi connectivity index (χ2v) is 4.63. The van der Waals surface area contributed by atoms with Gasteiger partial charge < -0.3 is 14.8 Å². The second-order valence-electron chi connectivity index (χ2n) is 4.63. The first-order valence-corrected chi connectivity index (χ1v) is 5.96. The number of hydrogen-bond acceptors (Lipinski definition) is 3. The number of carbonyl (C=O) groups is 1. The molecule has 0 amide bonds. The molecule has 0 radical (unpaired) electrons. The van der Waals surface area contributed by atoms with Gasteiger partial charge in [0.2, 0.25) is 0 Å². The van der Waals surface area contributed by atoms with E-state index in [1.54, 1.807) is 25.1 Å². The van der Waals surface area contributed by atoms with Gasteiger partial charge in [-0.3, -0.25) is 4.79 Å². The molecule has 100 valence electrons. The van der Waals surface area contributed by atoms with Gasteiger partial charge in [-0.1, -0.05) is 0 Å². The molecule has 0 bridgehead atoms. The summed E-state index contributed by atoms with van der Waals surface area (Å²) in [5.74, 6) is -0.579. The Balaban J connectivity index is 2.70. The number of carboxylic acid groups (broad SMARTS) is 1. The Bertz CT molecular complexity index is 700. The minimum absolute atomic E-state index is 0.0273. The Morgan fingerprint density at radius 1 is 1.37 bits per heavy atom. The van der Waals surface area contributed by atoms with Gasteiger partial charge in [-0.2, -0.15) is 0 Å². The topological polar surface area (TPSA) is 79.4 Å². The van der Waals surface area contributed by atoms with E-state index in [1.807, 2.05) is 13.8 Å². The third kappa shape index (κ3) is 2.45. The van der Waals surface area contributed by atoms with Crippen molar-refractivity contribution in [2.24, 2.45) is 0 Å². The molecule has 1 heterocycles. The third-order valence-corrected chi connectivity index (χ3v) is 2.83. The molecule has 1 aromatic heterocycles. The molecule has 1 aromatic carbocycles. The highest BCUT2D eigenvalue weighted by atomic mass is 16.5. The van der Waals surface area contributed by atoms with E-state index in [0.29, 0.717) is 22.2 Å². The van der Waals surface area contributed by atoms with Crippen LogP contribution in [-0.2, 0) is 0 Å². The molecule has 0 saturated heterocycles. The number of aromatic carboxylic acids is 1. The molecule has 0 spiro atoms. The maximum absolute atomic E-state index is 11.7. The zero-order valence-electron chi connectivity index (χ0n) is 11.0. The van der Waals surface area contributed by atoms with Crippen LogP contribution in [0.15, 0.2) is 23.0 Å². The van der Waals surface area contributed by atoms with Gasteiger partial charge in [-0.05, 0) is 44.5 Å². The van der Waals surface area contributed by atoms with Gasteiger partial charge in [0.25, 0.3) is 5.56 Å². The number of H-pyrrole nitrogens is 1. The summed E-state index contributed by atoms with van der Waals surface area (Å²) in [6.07, 6.45) is 0.0273. The summed E-state index contributed by atoms with van der Waals surface area (Å²) in [4.78, 5) is 25.4. The van der Waals surface area contributed by atoms with E-state index >= 15 is 0 Å². The van der Waals surface area contributed by atoms with E-state index in [1.165, 1.54) is 0 Å². The molecule has 0 unspecified atom stereocenters. The number of nitrogens with one attached hydrogen (secondary N) is 1. The summed E-state index contributed by atoms with van der Waals surface area (Å²) >= 11 is 0. The van der Waals surface area contributed by atoms with Crippen LogP contribution in [0.5, 0.6) is 5.75 Å². The van der Waals surface area contributed by atoms with Gasteiger partial charge in [0.05, 0.1) is 6.10 Å². The fraction of sp³-hybridized carbons (Fsp3) is 0.286. The zero-order valence-corrected chi connectivity index (χ0v) is 11.0. The maximum atomic E-state index is 11.7. The van der Waals surface area contributed by atoms with Gasteiger partial charge in [0, 0.05) is 10.9 Å². The minimum Gasteiger partial charge on any atom is -0.491 e. The number of carboxylic acids is 1. The minimum atomic E-state index is -1.23. The highest BCUT2D eigenvalue weighted by Gasteiger charge is 2.15. The Kier molecular flexibility index (Phi) is 3.29. The number of pyridine rings is 1. The molecule has 2 aromatic rings. The number of ether oxygens (including phenoxy) is 1. The first kappa shape index (κ1) is 13.1. The zero-order chi connectivity index (χ0) is 14.2. The van der Waals surface area contributed by atoms with Gasteiger partial charge in [-0.25, -0.2) is 4.79 Å². The molecule has 5 nitrogen and oxygen atoms in total. The van der Waals surface area contributed by atoms with Crippen molar-refractivity contribution in [3.8, 4) is 5.75 Å². The summed E-state index contributed by atoms with van der Waals surface area (Å²) < 4.78 is 5.57. The normalized spacial score (nSPS) is 10.9. The largest absolute Gasteiger partial charge is 0.491 e. The Morgan fingerprint density at radius 2 is 2.05 bits per heavy atom. The van der Waals surface area contributed by atoms with E-state index < -0.39 is 11.5 Å². The monoisotopic (exact) mass is 261 g/mol. The van der Waals surface area contributed by atoms with Gasteiger partial charge >= 0.3 is 5.97 Å². The third-order valence-electron chi connectivity index (χ3n) is 2.83. The van der Waals surface area contributed by atoms with Crippen LogP contribution in [0.4, 0.5) is 0 Å². The fourth-order valence-electron chi connectivity index (χ4n) is 2.04. The van der Waals surface area contributed by atoms with Crippen molar-refractivity contribution >= 4 is 16.9 Å². The molecule has 0 aliphatic heterocycles. The molecule has 5 heteroatoms. The molecule has 0 fully saturated rings. The van der Waals surface area contributed by atoms with E-state index in [0.717, 1.165) is 0 Å². The van der Waals surface area contributed by atoms with Crippen molar-refractivity contribution in [1.29, 1.82) is 0 Å². The molecular formula is C14H15NO4. The van der Waals surface area contributed by atoms with Gasteiger partial charge in [-0.15, -0.1) is 0 Å². The SMILES string of the molecule is Cc1c(C(=O)O)c(=O)[nH]c2ccc(OC(C)C)cc12. The summed E-state index contributed by atoms with van der Waals surface area (Å²) in [7, 11) is 0. The highest BCUT2D eigenvalue weighted by Crippen LogP contribution is 2.23. The van der Waals surface area contributed by atoms with Gasteiger partial charge in [0.1, 0.15) is 11.3 Å². The van der Waals surface area contributed by atoms with Crippen LogP contribution in [0.2, 0.25) is 0 Å². The van der Waals surface area contributed by atoms with E-state index in [9.17, 15) is 9.59 Å². The lowest BCUT2D eigenvalue weighted by Crippen LogP contribution is -2.19. The lowest BCUT2D eigenvalue weighted by atomic mass is 10.0. The van der Waals surface area contributed by atoms with Crippen molar-refractivity contribution in [2.45, 2.75) is 26.9 Å². The summed E-state index contributed by atoms with van der Waals surface area (Å²) in [5, 5.41) is 9.75. The predicted octanol–water partition coefficient (Wildman–Crippen LogP) is 2.32. The van der Waals surface area contributed by atoms with Crippen molar-refractivity contribution in [3.63, 3.8) is 0 Å². The molecule has 0 aliphatic carbocycles. The van der Waals surface area contributed by atoms with Crippen LogP contribution < -0.4 is 10.3 Å². The smallest absolute Gasteiger partial charge is 0.341 e. The van der Waals surface area contributed by atoms with Crippen molar-refractivity contribution in [2.75, 3.05) is 0 Å². The van der Waals surface area contributed by atoms with Crippen LogP contribution in [0.25, 0.3) is 10.9 Å². The van der Waals surface area contributed by atoms with Crippen molar-refractivity contribution in [3.05, 3.63) is 39.7 Å². The van der Waals surface area contributed by atoms with Crippen LogP contribution in [-0.4, -0.2) is 22.2 Å². The number of fused-ring (bicyclic) bond motifs is 1. The molecule has 2 rings (SSSR count). The highest BCUT2D eigenvalue weighted by molar-refractivity contribution is 5.96. The number of hydrogen-bond donors (Lipinski definition) is 2.